The normalized spacial score (nSPS) is 22.2. The van der Waals surface area contributed by atoms with Crippen LogP contribution in [0.25, 0.3) is 5.65 Å². The molecule has 0 aliphatic carbocycles. The van der Waals surface area contributed by atoms with Gasteiger partial charge in [0, 0.05) is 6.20 Å². The van der Waals surface area contributed by atoms with Gasteiger partial charge in [0.05, 0.1) is 12.1 Å². The van der Waals surface area contributed by atoms with E-state index in [9.17, 15) is 9.18 Å². The summed E-state index contributed by atoms with van der Waals surface area (Å²) in [4.78, 5) is 14.3. The van der Waals surface area contributed by atoms with Crippen molar-refractivity contribution in [2.24, 2.45) is 0 Å². The summed E-state index contributed by atoms with van der Waals surface area (Å²) in [6.45, 7) is 8.51. The molecule has 0 bridgehead atoms. The van der Waals surface area contributed by atoms with Gasteiger partial charge < -0.3 is 4.74 Å². The van der Waals surface area contributed by atoms with Crippen LogP contribution in [-0.4, -0.2) is 44.2 Å². The molecule has 1 atom stereocenters. The predicted octanol–water partition coefficient (Wildman–Crippen LogP) is 2.52. The van der Waals surface area contributed by atoms with E-state index in [4.69, 9.17) is 4.74 Å². The first-order valence-electron chi connectivity index (χ1n) is 8.17. The number of carbonyl (C=O) groups excluding carboxylic acids is 1. The molecule has 130 valence electrons. The lowest BCUT2D eigenvalue weighted by Gasteiger charge is -2.33. The van der Waals surface area contributed by atoms with Crippen molar-refractivity contribution in [1.29, 1.82) is 0 Å². The summed E-state index contributed by atoms with van der Waals surface area (Å²) in [5, 5.41) is 8.40. The van der Waals surface area contributed by atoms with E-state index in [2.05, 4.69) is 10.2 Å². The number of pyridine rings is 1. The Morgan fingerprint density at radius 1 is 1.38 bits per heavy atom. The van der Waals surface area contributed by atoms with Gasteiger partial charge in [-0.2, -0.15) is 0 Å². The second-order valence-electron chi connectivity index (χ2n) is 7.48. The number of rotatable bonds is 3. The highest BCUT2D eigenvalue weighted by atomic mass is 19.1. The summed E-state index contributed by atoms with van der Waals surface area (Å²) in [5.74, 6) is 0.0394. The highest BCUT2D eigenvalue weighted by Crippen LogP contribution is 2.37. The van der Waals surface area contributed by atoms with Crippen molar-refractivity contribution in [3.05, 3.63) is 30.0 Å². The molecular weight excluding hydrogens is 311 g/mol. The van der Waals surface area contributed by atoms with Gasteiger partial charge in [-0.05, 0) is 59.2 Å². The second kappa shape index (κ2) is 5.81. The van der Waals surface area contributed by atoms with E-state index in [1.807, 2.05) is 32.6 Å². The van der Waals surface area contributed by atoms with Crippen LogP contribution in [0.3, 0.4) is 0 Å². The van der Waals surface area contributed by atoms with Crippen LogP contribution in [0, 0.1) is 5.82 Å². The van der Waals surface area contributed by atoms with E-state index >= 15 is 0 Å². The van der Waals surface area contributed by atoms with Crippen LogP contribution in [0.15, 0.2) is 18.3 Å². The maximum absolute atomic E-state index is 13.6. The van der Waals surface area contributed by atoms with Gasteiger partial charge in [-0.3, -0.25) is 14.1 Å². The molecule has 0 aromatic carbocycles. The van der Waals surface area contributed by atoms with Gasteiger partial charge in [-0.15, -0.1) is 10.2 Å². The fraction of sp³-hybridized carbons (Fsp3) is 0.588. The summed E-state index contributed by atoms with van der Waals surface area (Å²) >= 11 is 0. The number of ether oxygens (including phenoxy) is 1. The van der Waals surface area contributed by atoms with Crippen molar-refractivity contribution in [3.8, 4) is 0 Å². The molecule has 7 heteroatoms. The first kappa shape index (κ1) is 16.8. The second-order valence-corrected chi connectivity index (χ2v) is 7.48. The molecule has 6 nitrogen and oxygen atoms in total. The summed E-state index contributed by atoms with van der Waals surface area (Å²) in [6, 6.07) is 2.96. The van der Waals surface area contributed by atoms with Gasteiger partial charge >= 0.3 is 5.97 Å². The molecule has 0 saturated carbocycles. The molecule has 0 unspecified atom stereocenters. The molecule has 0 amide bonds. The van der Waals surface area contributed by atoms with Crippen molar-refractivity contribution in [2.45, 2.75) is 51.7 Å². The average Bonchev–Trinajstić information content (AvgIpc) is 3.01. The molecule has 2 aromatic heterocycles. The van der Waals surface area contributed by atoms with Crippen molar-refractivity contribution in [1.82, 2.24) is 19.5 Å². The number of likely N-dealkylation sites (tertiary alicyclic amines) is 1. The van der Waals surface area contributed by atoms with Crippen LogP contribution in [0.1, 0.15) is 46.4 Å². The molecule has 24 heavy (non-hydrogen) atoms. The Balaban J connectivity index is 1.89. The van der Waals surface area contributed by atoms with Crippen molar-refractivity contribution in [2.75, 3.05) is 13.1 Å². The third-order valence-corrected chi connectivity index (χ3v) is 4.38. The molecule has 0 radical (unpaired) electrons. The molecule has 1 fully saturated rings. The number of aromatic nitrogens is 3. The summed E-state index contributed by atoms with van der Waals surface area (Å²) < 4.78 is 20.7. The van der Waals surface area contributed by atoms with Crippen LogP contribution < -0.4 is 0 Å². The van der Waals surface area contributed by atoms with E-state index in [1.54, 1.807) is 10.5 Å². The first-order valence-corrected chi connectivity index (χ1v) is 8.17. The minimum atomic E-state index is -0.516. The maximum atomic E-state index is 13.6. The van der Waals surface area contributed by atoms with E-state index in [1.165, 1.54) is 12.3 Å². The SMILES string of the molecule is CC(C)(C)OC(=O)CN1CCC[C@@]1(C)c1nnc2ccc(F)cn12. The summed E-state index contributed by atoms with van der Waals surface area (Å²) in [7, 11) is 0. The lowest BCUT2D eigenvalue weighted by atomic mass is 9.97. The topological polar surface area (TPSA) is 59.7 Å². The van der Waals surface area contributed by atoms with Gasteiger partial charge in [-0.1, -0.05) is 0 Å². The number of esters is 1. The monoisotopic (exact) mass is 334 g/mol. The summed E-state index contributed by atoms with van der Waals surface area (Å²) in [6.07, 6.45) is 3.15. The predicted molar refractivity (Wildman–Crippen MR) is 86.9 cm³/mol. The smallest absolute Gasteiger partial charge is 0.320 e. The average molecular weight is 334 g/mol. The van der Waals surface area contributed by atoms with Crippen LogP contribution in [0.2, 0.25) is 0 Å². The summed E-state index contributed by atoms with van der Waals surface area (Å²) in [5.41, 5.74) is -0.404. The van der Waals surface area contributed by atoms with E-state index in [0.29, 0.717) is 11.5 Å². The Labute approximate surface area is 140 Å². The van der Waals surface area contributed by atoms with Gasteiger partial charge in [0.15, 0.2) is 11.5 Å². The molecule has 3 heterocycles. The van der Waals surface area contributed by atoms with E-state index in [-0.39, 0.29) is 18.3 Å². The van der Waals surface area contributed by atoms with Gasteiger partial charge in [0.2, 0.25) is 0 Å². The lowest BCUT2D eigenvalue weighted by molar-refractivity contribution is -0.157. The van der Waals surface area contributed by atoms with E-state index < -0.39 is 11.1 Å². The Morgan fingerprint density at radius 3 is 2.83 bits per heavy atom. The Kier molecular flexibility index (Phi) is 4.07. The number of nitrogens with zero attached hydrogens (tertiary/aromatic N) is 4. The minimum absolute atomic E-state index is 0.179. The molecule has 0 spiro atoms. The fourth-order valence-corrected chi connectivity index (χ4v) is 3.29. The Hall–Kier alpha value is -2.02. The zero-order valence-electron chi connectivity index (χ0n) is 14.5. The standard InChI is InChI=1S/C17H23FN4O2/c1-16(2,3)24-14(23)11-21-9-5-8-17(21,4)15-20-19-13-7-6-12(18)10-22(13)15/h6-7,10H,5,8-9,11H2,1-4H3/t17-/m0/s1. The lowest BCUT2D eigenvalue weighted by Crippen LogP contribution is -2.44. The number of hydrogen-bond acceptors (Lipinski definition) is 5. The number of fused-ring (bicyclic) bond motifs is 1. The number of halogens is 1. The Morgan fingerprint density at radius 2 is 2.12 bits per heavy atom. The van der Waals surface area contributed by atoms with Gasteiger partial charge in [0.1, 0.15) is 11.4 Å². The third-order valence-electron chi connectivity index (χ3n) is 4.38. The quantitative estimate of drug-likeness (QED) is 0.807. The van der Waals surface area contributed by atoms with Crippen molar-refractivity contribution >= 4 is 11.6 Å². The molecule has 1 aliphatic rings. The van der Waals surface area contributed by atoms with Crippen molar-refractivity contribution in [3.63, 3.8) is 0 Å². The van der Waals surface area contributed by atoms with Gasteiger partial charge in [0.25, 0.3) is 0 Å². The van der Waals surface area contributed by atoms with Crippen LogP contribution >= 0.6 is 0 Å². The highest BCUT2D eigenvalue weighted by molar-refractivity contribution is 5.72. The Bertz CT molecular complexity index is 768. The third kappa shape index (κ3) is 3.13. The highest BCUT2D eigenvalue weighted by Gasteiger charge is 2.43. The number of carbonyl (C=O) groups is 1. The van der Waals surface area contributed by atoms with Crippen molar-refractivity contribution < 1.29 is 13.9 Å². The van der Waals surface area contributed by atoms with Crippen LogP contribution in [0.5, 0.6) is 0 Å². The maximum Gasteiger partial charge on any atom is 0.320 e. The molecule has 1 saturated heterocycles. The minimum Gasteiger partial charge on any atom is -0.459 e. The molecule has 0 N–H and O–H groups in total. The van der Waals surface area contributed by atoms with E-state index in [0.717, 1.165) is 19.4 Å². The number of hydrogen-bond donors (Lipinski definition) is 0. The zero-order valence-corrected chi connectivity index (χ0v) is 14.5. The van der Waals surface area contributed by atoms with Crippen LogP contribution in [0.4, 0.5) is 4.39 Å². The first-order chi connectivity index (χ1) is 11.2. The molecule has 2 aromatic rings. The largest absolute Gasteiger partial charge is 0.459 e. The zero-order chi connectivity index (χ0) is 17.5. The van der Waals surface area contributed by atoms with Gasteiger partial charge in [-0.25, -0.2) is 4.39 Å². The molecular formula is C17H23FN4O2. The molecule has 1 aliphatic heterocycles. The van der Waals surface area contributed by atoms with Crippen LogP contribution in [-0.2, 0) is 15.1 Å². The molecule has 3 rings (SSSR count). The fourth-order valence-electron chi connectivity index (χ4n) is 3.29.